The van der Waals surface area contributed by atoms with Gasteiger partial charge in [-0.2, -0.15) is 5.16 Å². The molecule has 1 atom stereocenters. The van der Waals surface area contributed by atoms with E-state index < -0.39 is 0 Å². The highest BCUT2D eigenvalue weighted by Gasteiger charge is 2.34. The van der Waals surface area contributed by atoms with Gasteiger partial charge in [0.15, 0.2) is 0 Å². The van der Waals surface area contributed by atoms with Gasteiger partial charge in [0.25, 0.3) is 5.56 Å². The van der Waals surface area contributed by atoms with Crippen LogP contribution in [0.5, 0.6) is 0 Å². The molecule has 1 amide bonds. The molecule has 1 saturated carbocycles. The first-order valence-electron chi connectivity index (χ1n) is 8.14. The van der Waals surface area contributed by atoms with Crippen LogP contribution in [0.25, 0.3) is 0 Å². The highest BCUT2D eigenvalue weighted by Crippen LogP contribution is 2.31. The highest BCUT2D eigenvalue weighted by molar-refractivity contribution is 5.76. The third-order valence-electron chi connectivity index (χ3n) is 4.44. The average molecular weight is 331 g/mol. The summed E-state index contributed by atoms with van der Waals surface area (Å²) in [4.78, 5) is 27.2. The van der Waals surface area contributed by atoms with Gasteiger partial charge in [-0.25, -0.2) is 0 Å². The maximum atomic E-state index is 12.2. The van der Waals surface area contributed by atoms with E-state index in [4.69, 9.17) is 4.52 Å². The van der Waals surface area contributed by atoms with Gasteiger partial charge in [-0.3, -0.25) is 14.6 Å². The molecule has 24 heavy (non-hydrogen) atoms. The zero-order valence-electron chi connectivity index (χ0n) is 13.3. The topological polar surface area (TPSA) is 108 Å². The first-order valence-corrected chi connectivity index (χ1v) is 8.14. The molecule has 2 aromatic heterocycles. The maximum absolute atomic E-state index is 12.2. The first kappa shape index (κ1) is 16.4. The van der Waals surface area contributed by atoms with Gasteiger partial charge in [-0.1, -0.05) is 0 Å². The van der Waals surface area contributed by atoms with Crippen LogP contribution in [0.3, 0.4) is 0 Å². The summed E-state index contributed by atoms with van der Waals surface area (Å²) in [6.45, 7) is 0. The Labute approximate surface area is 139 Å². The van der Waals surface area contributed by atoms with E-state index in [1.807, 2.05) is 12.1 Å². The molecule has 2 aromatic rings. The van der Waals surface area contributed by atoms with Gasteiger partial charge in [-0.15, -0.1) is 0 Å². The second-order valence-corrected chi connectivity index (χ2v) is 6.30. The van der Waals surface area contributed by atoms with E-state index in [0.29, 0.717) is 31.4 Å². The molecule has 0 bridgehead atoms. The number of rotatable bonds is 7. The van der Waals surface area contributed by atoms with E-state index in [0.717, 1.165) is 5.56 Å². The molecule has 7 nitrogen and oxygen atoms in total. The number of nitrogens with one attached hydrogen (secondary N) is 2. The number of carbonyl (C=O) groups excluding carboxylic acids is 1. The molecule has 1 aliphatic rings. The normalized spacial score (nSPS) is 21.0. The molecular weight excluding hydrogens is 310 g/mol. The first-order chi connectivity index (χ1) is 11.6. The fourth-order valence-electron chi connectivity index (χ4n) is 3.03. The Morgan fingerprint density at radius 2 is 2.17 bits per heavy atom. The predicted octanol–water partition coefficient (Wildman–Crippen LogP) is 0.794. The van der Waals surface area contributed by atoms with Crippen LogP contribution in [0.15, 0.2) is 39.9 Å². The zero-order chi connectivity index (χ0) is 16.9. The van der Waals surface area contributed by atoms with E-state index in [-0.39, 0.29) is 36.0 Å². The van der Waals surface area contributed by atoms with Gasteiger partial charge in [-0.05, 0) is 42.9 Å². The van der Waals surface area contributed by atoms with Crippen molar-refractivity contribution in [3.63, 3.8) is 0 Å². The van der Waals surface area contributed by atoms with Crippen molar-refractivity contribution in [3.8, 4) is 0 Å². The number of pyridine rings is 1. The molecule has 3 N–H and O–H groups in total. The number of hydrogen-bond donors (Lipinski definition) is 3. The Balaban J connectivity index is 1.56. The molecule has 7 heteroatoms. The number of aliphatic hydroxyl groups is 1. The number of carbonyl (C=O) groups is 1. The lowest BCUT2D eigenvalue weighted by Gasteiger charge is -2.38. The van der Waals surface area contributed by atoms with Gasteiger partial charge in [0, 0.05) is 37.3 Å². The quantitative estimate of drug-likeness (QED) is 0.695. The van der Waals surface area contributed by atoms with Gasteiger partial charge in [0.05, 0.1) is 6.10 Å². The largest absolute Gasteiger partial charge is 0.393 e. The Morgan fingerprint density at radius 3 is 2.79 bits per heavy atom. The SMILES string of the molecule is O=C(CCc1cc(=O)[nH]o1)N[C@H](Cc1ccncc1)C1CC(O)C1. The molecule has 0 spiro atoms. The summed E-state index contributed by atoms with van der Waals surface area (Å²) in [5.74, 6) is 0.668. The van der Waals surface area contributed by atoms with Crippen molar-refractivity contribution >= 4 is 5.91 Å². The lowest BCUT2D eigenvalue weighted by molar-refractivity contribution is -0.123. The zero-order valence-corrected chi connectivity index (χ0v) is 13.3. The van der Waals surface area contributed by atoms with E-state index in [1.165, 1.54) is 6.07 Å². The summed E-state index contributed by atoms with van der Waals surface area (Å²) < 4.78 is 4.95. The number of nitrogens with zero attached hydrogens (tertiary/aromatic N) is 1. The van der Waals surface area contributed by atoms with Crippen LogP contribution >= 0.6 is 0 Å². The number of aliphatic hydroxyl groups excluding tert-OH is 1. The number of H-pyrrole nitrogens is 1. The highest BCUT2D eigenvalue weighted by atomic mass is 16.5. The van der Waals surface area contributed by atoms with Crippen LogP contribution in [-0.2, 0) is 17.6 Å². The fourth-order valence-corrected chi connectivity index (χ4v) is 3.03. The van der Waals surface area contributed by atoms with Crippen LogP contribution in [0.2, 0.25) is 0 Å². The van der Waals surface area contributed by atoms with Crippen molar-refractivity contribution in [1.82, 2.24) is 15.5 Å². The van der Waals surface area contributed by atoms with Crippen molar-refractivity contribution in [2.75, 3.05) is 0 Å². The molecular formula is C17H21N3O4. The molecule has 0 radical (unpaired) electrons. The van der Waals surface area contributed by atoms with E-state index in [2.05, 4.69) is 15.5 Å². The summed E-state index contributed by atoms with van der Waals surface area (Å²) in [6, 6.07) is 5.21. The van der Waals surface area contributed by atoms with E-state index in [9.17, 15) is 14.7 Å². The standard InChI is InChI=1S/C17H21N3O4/c21-13-8-12(9-13)15(7-11-3-5-18-6-4-11)19-16(22)2-1-14-10-17(23)20-24-14/h3-6,10,12-13,15,21H,1-2,7-9H2,(H,19,22)(H,20,23)/t12?,13?,15-/m1/s1. The van der Waals surface area contributed by atoms with Gasteiger partial charge >= 0.3 is 0 Å². The third kappa shape index (κ3) is 4.32. The maximum Gasteiger partial charge on any atom is 0.280 e. The molecule has 0 aromatic carbocycles. The van der Waals surface area contributed by atoms with Gasteiger partial charge < -0.3 is 14.9 Å². The van der Waals surface area contributed by atoms with Crippen LogP contribution in [0.4, 0.5) is 0 Å². The summed E-state index contributed by atoms with van der Waals surface area (Å²) in [5, 5.41) is 14.8. The monoisotopic (exact) mass is 331 g/mol. The summed E-state index contributed by atoms with van der Waals surface area (Å²) in [6.07, 6.45) is 5.97. The van der Waals surface area contributed by atoms with Crippen molar-refractivity contribution in [3.05, 3.63) is 52.3 Å². The van der Waals surface area contributed by atoms with Crippen LogP contribution in [-0.4, -0.2) is 33.3 Å². The lowest BCUT2D eigenvalue weighted by atomic mass is 9.75. The van der Waals surface area contributed by atoms with Crippen molar-refractivity contribution in [2.45, 2.75) is 44.2 Å². The lowest BCUT2D eigenvalue weighted by Crippen LogP contribution is -2.48. The number of aromatic amines is 1. The Bertz CT molecular complexity index is 719. The van der Waals surface area contributed by atoms with E-state index in [1.54, 1.807) is 12.4 Å². The Kier molecular flexibility index (Phi) is 5.10. The molecule has 3 rings (SSSR count). The Hall–Kier alpha value is -2.41. The average Bonchev–Trinajstić information content (AvgIpc) is 2.96. The molecule has 0 saturated heterocycles. The number of hydrogen-bond acceptors (Lipinski definition) is 5. The van der Waals surface area contributed by atoms with Crippen LogP contribution in [0.1, 0.15) is 30.6 Å². The molecule has 0 unspecified atom stereocenters. The summed E-state index contributed by atoms with van der Waals surface area (Å²) in [5.41, 5.74) is 0.803. The second kappa shape index (κ2) is 7.44. The van der Waals surface area contributed by atoms with Crippen molar-refractivity contribution in [2.24, 2.45) is 5.92 Å². The molecule has 1 fully saturated rings. The number of aryl methyl sites for hydroxylation is 1. The third-order valence-corrected chi connectivity index (χ3v) is 4.44. The van der Waals surface area contributed by atoms with Crippen LogP contribution < -0.4 is 10.9 Å². The molecule has 0 aliphatic heterocycles. The van der Waals surface area contributed by atoms with E-state index >= 15 is 0 Å². The molecule has 1 aliphatic carbocycles. The predicted molar refractivity (Wildman–Crippen MR) is 86.3 cm³/mol. The minimum Gasteiger partial charge on any atom is -0.393 e. The summed E-state index contributed by atoms with van der Waals surface area (Å²) in [7, 11) is 0. The second-order valence-electron chi connectivity index (χ2n) is 6.30. The fraction of sp³-hybridized carbons (Fsp3) is 0.471. The van der Waals surface area contributed by atoms with Gasteiger partial charge in [0.2, 0.25) is 5.91 Å². The number of amides is 1. The Morgan fingerprint density at radius 1 is 1.42 bits per heavy atom. The van der Waals surface area contributed by atoms with Crippen molar-refractivity contribution in [1.29, 1.82) is 0 Å². The van der Waals surface area contributed by atoms with Crippen molar-refractivity contribution < 1.29 is 14.4 Å². The van der Waals surface area contributed by atoms with Gasteiger partial charge in [0.1, 0.15) is 5.76 Å². The minimum absolute atomic E-state index is 0.0125. The van der Waals surface area contributed by atoms with Crippen LogP contribution in [0, 0.1) is 5.92 Å². The minimum atomic E-state index is -0.301. The number of aromatic nitrogens is 2. The molecule has 2 heterocycles. The molecule has 128 valence electrons. The smallest absolute Gasteiger partial charge is 0.280 e. The summed E-state index contributed by atoms with van der Waals surface area (Å²) >= 11 is 0.